The van der Waals surface area contributed by atoms with Crippen molar-refractivity contribution < 1.29 is 14.7 Å². The van der Waals surface area contributed by atoms with Crippen LogP contribution in [-0.4, -0.2) is 54.7 Å². The van der Waals surface area contributed by atoms with E-state index >= 15 is 0 Å². The lowest BCUT2D eigenvalue weighted by atomic mass is 10.1. The van der Waals surface area contributed by atoms with Crippen LogP contribution >= 0.6 is 0 Å². The maximum absolute atomic E-state index is 11.6. The number of amides is 2. The molecule has 0 spiro atoms. The van der Waals surface area contributed by atoms with Crippen LogP contribution in [0.3, 0.4) is 0 Å². The van der Waals surface area contributed by atoms with Gasteiger partial charge in [0.1, 0.15) is 0 Å². The number of nitrogens with one attached hydrogen (secondary N) is 2. The molecule has 92 valence electrons. The molecule has 1 aliphatic rings. The van der Waals surface area contributed by atoms with Crippen LogP contribution in [0.5, 0.6) is 0 Å². The highest BCUT2D eigenvalue weighted by Gasteiger charge is 2.19. The molecule has 1 fully saturated rings. The average Bonchev–Trinajstić information content (AvgIpc) is 2.30. The fraction of sp³-hybridized carbons (Fsp3) is 0.800. The molecule has 0 aromatic rings. The van der Waals surface area contributed by atoms with Crippen molar-refractivity contribution in [3.8, 4) is 0 Å². The zero-order chi connectivity index (χ0) is 12.0. The van der Waals surface area contributed by atoms with Crippen LogP contribution < -0.4 is 10.6 Å². The Morgan fingerprint density at radius 2 is 2.06 bits per heavy atom. The van der Waals surface area contributed by atoms with Crippen LogP contribution in [0.15, 0.2) is 0 Å². The van der Waals surface area contributed by atoms with Crippen LogP contribution in [0.25, 0.3) is 0 Å². The predicted octanol–water partition coefficient (Wildman–Crippen LogP) is -0.288. The Hall–Kier alpha value is -1.30. The zero-order valence-corrected chi connectivity index (χ0v) is 9.53. The molecular weight excluding hydrogens is 210 g/mol. The number of carbonyl (C=O) groups excluding carboxylic acids is 1. The van der Waals surface area contributed by atoms with Crippen molar-refractivity contribution >= 4 is 12.0 Å². The van der Waals surface area contributed by atoms with Gasteiger partial charge < -0.3 is 20.6 Å². The van der Waals surface area contributed by atoms with Gasteiger partial charge in [0.2, 0.25) is 0 Å². The van der Waals surface area contributed by atoms with Gasteiger partial charge in [0, 0.05) is 32.7 Å². The zero-order valence-electron chi connectivity index (χ0n) is 9.53. The normalized spacial score (nSPS) is 17.9. The molecule has 0 radical (unpaired) electrons. The molecule has 1 rings (SSSR count). The molecule has 0 aliphatic carbocycles. The molecule has 0 aromatic heterocycles. The van der Waals surface area contributed by atoms with Gasteiger partial charge in [-0.25, -0.2) is 4.79 Å². The van der Waals surface area contributed by atoms with Gasteiger partial charge in [0.25, 0.3) is 0 Å². The lowest BCUT2D eigenvalue weighted by Crippen LogP contribution is -2.51. The van der Waals surface area contributed by atoms with Crippen molar-refractivity contribution in [3.63, 3.8) is 0 Å². The minimum absolute atomic E-state index is 0.166. The fourth-order valence-corrected chi connectivity index (χ4v) is 1.60. The molecule has 1 saturated heterocycles. The molecule has 1 unspecified atom stereocenters. The first-order valence-corrected chi connectivity index (χ1v) is 5.61. The van der Waals surface area contributed by atoms with E-state index in [-0.39, 0.29) is 12.6 Å². The van der Waals surface area contributed by atoms with E-state index in [0.717, 1.165) is 13.1 Å². The molecule has 1 aliphatic heterocycles. The molecule has 3 N–H and O–H groups in total. The number of hydrogen-bond donors (Lipinski definition) is 3. The van der Waals surface area contributed by atoms with E-state index in [0.29, 0.717) is 19.5 Å². The fourth-order valence-electron chi connectivity index (χ4n) is 1.60. The van der Waals surface area contributed by atoms with Crippen LogP contribution in [0.4, 0.5) is 4.79 Å². The molecule has 6 heteroatoms. The molecule has 2 amide bonds. The van der Waals surface area contributed by atoms with Crippen molar-refractivity contribution in [1.29, 1.82) is 0 Å². The molecule has 0 aromatic carbocycles. The summed E-state index contributed by atoms with van der Waals surface area (Å²) < 4.78 is 0. The van der Waals surface area contributed by atoms with E-state index in [9.17, 15) is 9.59 Å². The minimum atomic E-state index is -0.858. The number of rotatable bonds is 4. The van der Waals surface area contributed by atoms with Crippen LogP contribution in [0, 0.1) is 5.92 Å². The number of aliphatic carboxylic acids is 1. The van der Waals surface area contributed by atoms with Gasteiger partial charge in [-0.15, -0.1) is 0 Å². The van der Waals surface area contributed by atoms with Gasteiger partial charge in [-0.3, -0.25) is 4.79 Å². The van der Waals surface area contributed by atoms with Crippen molar-refractivity contribution in [2.45, 2.75) is 13.3 Å². The summed E-state index contributed by atoms with van der Waals surface area (Å²) in [7, 11) is 0. The predicted molar refractivity (Wildman–Crippen MR) is 59.3 cm³/mol. The van der Waals surface area contributed by atoms with Gasteiger partial charge in [-0.2, -0.15) is 0 Å². The summed E-state index contributed by atoms with van der Waals surface area (Å²) >= 11 is 0. The highest BCUT2D eigenvalue weighted by atomic mass is 16.4. The van der Waals surface area contributed by atoms with E-state index < -0.39 is 11.9 Å². The van der Waals surface area contributed by atoms with Crippen molar-refractivity contribution in [1.82, 2.24) is 15.5 Å². The van der Waals surface area contributed by atoms with E-state index in [1.54, 1.807) is 11.8 Å². The number of carboxylic acid groups (broad SMARTS) is 1. The summed E-state index contributed by atoms with van der Waals surface area (Å²) in [6.45, 7) is 4.95. The first-order valence-electron chi connectivity index (χ1n) is 5.61. The lowest BCUT2D eigenvalue weighted by Gasteiger charge is -2.27. The second kappa shape index (κ2) is 6.32. The summed E-state index contributed by atoms with van der Waals surface area (Å²) in [5, 5.41) is 14.6. The van der Waals surface area contributed by atoms with E-state index in [1.807, 2.05) is 0 Å². The lowest BCUT2D eigenvalue weighted by molar-refractivity contribution is -0.141. The standard InChI is InChI=1S/C10H19N3O3/c1-2-8(9(14)15)7-12-10(16)13-5-3-11-4-6-13/h8,11H,2-7H2,1H3,(H,12,16)(H,14,15). The monoisotopic (exact) mass is 229 g/mol. The van der Waals surface area contributed by atoms with Gasteiger partial charge in [-0.1, -0.05) is 6.92 Å². The largest absolute Gasteiger partial charge is 0.481 e. The number of hydrogen-bond acceptors (Lipinski definition) is 3. The molecule has 1 atom stereocenters. The van der Waals surface area contributed by atoms with Crippen molar-refractivity contribution in [2.24, 2.45) is 5.92 Å². The number of carboxylic acids is 1. The summed E-state index contributed by atoms with van der Waals surface area (Å²) in [5.74, 6) is -1.35. The summed E-state index contributed by atoms with van der Waals surface area (Å²) in [5.41, 5.74) is 0. The highest BCUT2D eigenvalue weighted by molar-refractivity contribution is 5.76. The van der Waals surface area contributed by atoms with E-state index in [1.165, 1.54) is 0 Å². The summed E-state index contributed by atoms with van der Waals surface area (Å²) in [4.78, 5) is 24.1. The third-order valence-electron chi connectivity index (χ3n) is 2.75. The highest BCUT2D eigenvalue weighted by Crippen LogP contribution is 2.01. The van der Waals surface area contributed by atoms with Crippen molar-refractivity contribution in [2.75, 3.05) is 32.7 Å². The number of carbonyl (C=O) groups is 2. The number of piperazine rings is 1. The van der Waals surface area contributed by atoms with E-state index in [2.05, 4.69) is 10.6 Å². The molecule has 0 bridgehead atoms. The minimum Gasteiger partial charge on any atom is -0.481 e. The average molecular weight is 229 g/mol. The summed E-state index contributed by atoms with van der Waals surface area (Å²) in [6, 6.07) is -0.166. The first-order chi connectivity index (χ1) is 7.65. The van der Waals surface area contributed by atoms with Gasteiger partial charge in [0.15, 0.2) is 0 Å². The van der Waals surface area contributed by atoms with Crippen LogP contribution in [-0.2, 0) is 4.79 Å². The molecule has 6 nitrogen and oxygen atoms in total. The van der Waals surface area contributed by atoms with Gasteiger partial charge in [0.05, 0.1) is 5.92 Å². The Balaban J connectivity index is 2.30. The maximum atomic E-state index is 11.6. The Kier molecular flexibility index (Phi) is 5.04. The Morgan fingerprint density at radius 3 is 2.56 bits per heavy atom. The van der Waals surface area contributed by atoms with E-state index in [4.69, 9.17) is 5.11 Å². The maximum Gasteiger partial charge on any atom is 0.317 e. The number of urea groups is 1. The second-order valence-corrected chi connectivity index (χ2v) is 3.87. The molecule has 16 heavy (non-hydrogen) atoms. The van der Waals surface area contributed by atoms with Crippen LogP contribution in [0.2, 0.25) is 0 Å². The second-order valence-electron chi connectivity index (χ2n) is 3.87. The molecular formula is C10H19N3O3. The van der Waals surface area contributed by atoms with Crippen molar-refractivity contribution in [3.05, 3.63) is 0 Å². The first kappa shape index (κ1) is 12.8. The third-order valence-corrected chi connectivity index (χ3v) is 2.75. The summed E-state index contributed by atoms with van der Waals surface area (Å²) in [6.07, 6.45) is 0.525. The molecule has 0 saturated carbocycles. The number of nitrogens with zero attached hydrogens (tertiary/aromatic N) is 1. The Bertz CT molecular complexity index is 252. The SMILES string of the molecule is CCC(CNC(=O)N1CCNCC1)C(=O)O. The Morgan fingerprint density at radius 1 is 1.44 bits per heavy atom. The third kappa shape index (κ3) is 3.69. The topological polar surface area (TPSA) is 81.7 Å². The molecule has 1 heterocycles. The quantitative estimate of drug-likeness (QED) is 0.619. The van der Waals surface area contributed by atoms with Crippen LogP contribution in [0.1, 0.15) is 13.3 Å². The van der Waals surface area contributed by atoms with Gasteiger partial charge >= 0.3 is 12.0 Å². The van der Waals surface area contributed by atoms with Gasteiger partial charge in [-0.05, 0) is 6.42 Å². The smallest absolute Gasteiger partial charge is 0.317 e. The Labute approximate surface area is 95.0 Å².